The molecule has 1 aliphatic heterocycles. The van der Waals surface area contributed by atoms with Crippen molar-refractivity contribution >= 4 is 11.7 Å². The standard InChI is InChI=1S/C26H32N2O2/c1-19(2)26(27)24(29)16-21(13-12-20-8-4-3-5-9-20)14-15-25(30)28-17-22-10-6-7-11-23(22)18-28/h3-11,14-15,19,21,26H,12-13,16-18,27H2,1-2H3/b15-14+/t21-,26-/m0/s1. The van der Waals surface area contributed by atoms with Gasteiger partial charge in [0.1, 0.15) is 5.78 Å². The number of benzene rings is 2. The van der Waals surface area contributed by atoms with Crippen molar-refractivity contribution < 1.29 is 9.59 Å². The molecule has 0 saturated carbocycles. The Kier molecular flexibility index (Phi) is 7.58. The van der Waals surface area contributed by atoms with E-state index >= 15 is 0 Å². The number of hydrogen-bond acceptors (Lipinski definition) is 3. The largest absolute Gasteiger partial charge is 0.330 e. The predicted octanol–water partition coefficient (Wildman–Crippen LogP) is 4.28. The fourth-order valence-electron chi connectivity index (χ4n) is 3.84. The number of hydrogen-bond donors (Lipinski definition) is 1. The predicted molar refractivity (Wildman–Crippen MR) is 121 cm³/mol. The molecular formula is C26H32N2O2. The third-order valence-electron chi connectivity index (χ3n) is 5.86. The van der Waals surface area contributed by atoms with E-state index in [1.54, 1.807) is 6.08 Å². The summed E-state index contributed by atoms with van der Waals surface area (Å²) in [4.78, 5) is 27.2. The van der Waals surface area contributed by atoms with Gasteiger partial charge in [-0.3, -0.25) is 9.59 Å². The van der Waals surface area contributed by atoms with Gasteiger partial charge in [0.25, 0.3) is 0 Å². The molecule has 0 fully saturated rings. The molecule has 2 atom stereocenters. The van der Waals surface area contributed by atoms with Crippen LogP contribution >= 0.6 is 0 Å². The second-order valence-corrected chi connectivity index (χ2v) is 8.55. The lowest BCUT2D eigenvalue weighted by molar-refractivity contribution is -0.126. The molecule has 2 aromatic carbocycles. The van der Waals surface area contributed by atoms with E-state index in [0.29, 0.717) is 19.5 Å². The SMILES string of the molecule is CC(C)[C@H](N)C(=O)C[C@H](/C=C/C(=O)N1Cc2ccccc2C1)CCc1ccccc1. The molecule has 0 spiro atoms. The first-order chi connectivity index (χ1) is 14.4. The Bertz CT molecular complexity index is 864. The van der Waals surface area contributed by atoms with Gasteiger partial charge in [-0.15, -0.1) is 0 Å². The van der Waals surface area contributed by atoms with Crippen molar-refractivity contribution in [1.82, 2.24) is 4.90 Å². The minimum Gasteiger partial charge on any atom is -0.330 e. The number of rotatable bonds is 9. The zero-order valence-corrected chi connectivity index (χ0v) is 18.0. The second-order valence-electron chi connectivity index (χ2n) is 8.55. The highest BCUT2D eigenvalue weighted by atomic mass is 16.2. The van der Waals surface area contributed by atoms with E-state index in [0.717, 1.165) is 12.8 Å². The van der Waals surface area contributed by atoms with Gasteiger partial charge in [-0.2, -0.15) is 0 Å². The summed E-state index contributed by atoms with van der Waals surface area (Å²) in [6, 6.07) is 17.9. The van der Waals surface area contributed by atoms with Gasteiger partial charge >= 0.3 is 0 Å². The molecule has 0 bridgehead atoms. The summed E-state index contributed by atoms with van der Waals surface area (Å²) in [6.45, 7) is 5.22. The summed E-state index contributed by atoms with van der Waals surface area (Å²) in [5.41, 5.74) is 9.72. The maximum atomic E-state index is 12.7. The van der Waals surface area contributed by atoms with Gasteiger partial charge < -0.3 is 10.6 Å². The van der Waals surface area contributed by atoms with Crippen molar-refractivity contribution in [3.05, 3.63) is 83.4 Å². The molecular weight excluding hydrogens is 372 g/mol. The van der Waals surface area contributed by atoms with Gasteiger partial charge in [-0.05, 0) is 47.4 Å². The molecule has 0 aromatic heterocycles. The number of aryl methyl sites for hydroxylation is 1. The van der Waals surface area contributed by atoms with Gasteiger partial charge in [0, 0.05) is 19.5 Å². The van der Waals surface area contributed by atoms with E-state index < -0.39 is 6.04 Å². The van der Waals surface area contributed by atoms with E-state index in [2.05, 4.69) is 24.3 Å². The van der Waals surface area contributed by atoms with Crippen LogP contribution in [-0.2, 0) is 29.1 Å². The molecule has 2 aromatic rings. The number of amides is 1. The summed E-state index contributed by atoms with van der Waals surface area (Å²) in [7, 11) is 0. The lowest BCUT2D eigenvalue weighted by Crippen LogP contribution is -2.36. The zero-order chi connectivity index (χ0) is 21.5. The quantitative estimate of drug-likeness (QED) is 0.635. The number of allylic oxidation sites excluding steroid dienone is 1. The minimum absolute atomic E-state index is 0.00322. The van der Waals surface area contributed by atoms with E-state index in [1.165, 1.54) is 16.7 Å². The third kappa shape index (κ3) is 5.90. The minimum atomic E-state index is -0.457. The van der Waals surface area contributed by atoms with Crippen LogP contribution in [0.25, 0.3) is 0 Å². The molecule has 3 rings (SSSR count). The van der Waals surface area contributed by atoms with Gasteiger partial charge in [-0.1, -0.05) is 74.5 Å². The molecule has 0 aliphatic carbocycles. The number of ketones is 1. The van der Waals surface area contributed by atoms with Crippen molar-refractivity contribution in [2.24, 2.45) is 17.6 Å². The summed E-state index contributed by atoms with van der Waals surface area (Å²) < 4.78 is 0. The molecule has 0 saturated heterocycles. The second kappa shape index (κ2) is 10.4. The lowest BCUT2D eigenvalue weighted by atomic mass is 9.89. The van der Waals surface area contributed by atoms with Crippen molar-refractivity contribution in [3.8, 4) is 0 Å². The number of Topliss-reactive ketones (excluding diaryl/α,β-unsaturated/α-hetero) is 1. The van der Waals surface area contributed by atoms with E-state index in [4.69, 9.17) is 5.73 Å². The van der Waals surface area contributed by atoms with Crippen LogP contribution in [0.3, 0.4) is 0 Å². The number of carbonyl (C=O) groups excluding carboxylic acids is 2. The first-order valence-electron chi connectivity index (χ1n) is 10.8. The fraction of sp³-hybridized carbons (Fsp3) is 0.385. The Labute approximate surface area is 179 Å². The molecule has 0 unspecified atom stereocenters. The van der Waals surface area contributed by atoms with Crippen molar-refractivity contribution in [1.29, 1.82) is 0 Å². The number of nitrogens with two attached hydrogens (primary N) is 1. The normalized spacial score (nSPS) is 15.4. The Balaban J connectivity index is 1.64. The molecule has 1 heterocycles. The van der Waals surface area contributed by atoms with E-state index in [-0.39, 0.29) is 23.5 Å². The van der Waals surface area contributed by atoms with Crippen LogP contribution in [0.1, 0.15) is 43.4 Å². The highest BCUT2D eigenvalue weighted by molar-refractivity contribution is 5.88. The maximum Gasteiger partial charge on any atom is 0.246 e. The van der Waals surface area contributed by atoms with Gasteiger partial charge in [0.2, 0.25) is 5.91 Å². The van der Waals surface area contributed by atoms with Crippen LogP contribution in [0.15, 0.2) is 66.7 Å². The van der Waals surface area contributed by atoms with Crippen LogP contribution in [0, 0.1) is 11.8 Å². The highest BCUT2D eigenvalue weighted by Gasteiger charge is 2.23. The van der Waals surface area contributed by atoms with Crippen LogP contribution < -0.4 is 5.73 Å². The monoisotopic (exact) mass is 404 g/mol. The number of carbonyl (C=O) groups is 2. The molecule has 4 nitrogen and oxygen atoms in total. The number of nitrogens with zero attached hydrogens (tertiary/aromatic N) is 1. The number of fused-ring (bicyclic) bond motifs is 1. The molecule has 0 radical (unpaired) electrons. The van der Waals surface area contributed by atoms with Crippen LogP contribution in [0.5, 0.6) is 0 Å². The van der Waals surface area contributed by atoms with Crippen LogP contribution in [-0.4, -0.2) is 22.6 Å². The Morgan fingerprint density at radius 3 is 2.20 bits per heavy atom. The molecule has 1 amide bonds. The summed E-state index contributed by atoms with van der Waals surface area (Å²) in [6.07, 6.45) is 5.61. The fourth-order valence-corrected chi connectivity index (χ4v) is 3.84. The molecule has 4 heteroatoms. The van der Waals surface area contributed by atoms with Crippen LogP contribution in [0.4, 0.5) is 0 Å². The first-order valence-corrected chi connectivity index (χ1v) is 10.8. The topological polar surface area (TPSA) is 63.4 Å². The highest BCUT2D eigenvalue weighted by Crippen LogP contribution is 2.23. The van der Waals surface area contributed by atoms with Crippen LogP contribution in [0.2, 0.25) is 0 Å². The smallest absolute Gasteiger partial charge is 0.246 e. The summed E-state index contributed by atoms with van der Waals surface area (Å²) in [5.74, 6) is 0.169. The first kappa shape index (κ1) is 22.0. The summed E-state index contributed by atoms with van der Waals surface area (Å²) >= 11 is 0. The molecule has 1 aliphatic rings. The van der Waals surface area contributed by atoms with Crippen molar-refractivity contribution in [2.75, 3.05) is 0 Å². The Morgan fingerprint density at radius 1 is 1.00 bits per heavy atom. The molecule has 30 heavy (non-hydrogen) atoms. The third-order valence-corrected chi connectivity index (χ3v) is 5.86. The summed E-state index contributed by atoms with van der Waals surface area (Å²) in [5, 5.41) is 0. The maximum absolute atomic E-state index is 12.7. The average molecular weight is 405 g/mol. The van der Waals surface area contributed by atoms with Crippen molar-refractivity contribution in [2.45, 2.75) is 52.2 Å². The molecule has 158 valence electrons. The Hall–Kier alpha value is -2.72. The van der Waals surface area contributed by atoms with E-state index in [1.807, 2.05) is 55.2 Å². The van der Waals surface area contributed by atoms with Gasteiger partial charge in [-0.25, -0.2) is 0 Å². The van der Waals surface area contributed by atoms with Gasteiger partial charge in [0.05, 0.1) is 6.04 Å². The average Bonchev–Trinajstić information content (AvgIpc) is 3.19. The lowest BCUT2D eigenvalue weighted by Gasteiger charge is -2.19. The van der Waals surface area contributed by atoms with E-state index in [9.17, 15) is 9.59 Å². The van der Waals surface area contributed by atoms with Crippen molar-refractivity contribution in [3.63, 3.8) is 0 Å². The Morgan fingerprint density at radius 2 is 1.60 bits per heavy atom. The molecule has 2 N–H and O–H groups in total. The van der Waals surface area contributed by atoms with Gasteiger partial charge in [0.15, 0.2) is 0 Å². The zero-order valence-electron chi connectivity index (χ0n) is 18.0.